The maximum absolute atomic E-state index is 9.54. The van der Waals surface area contributed by atoms with E-state index in [0.717, 1.165) is 106 Å². The number of morpholine rings is 1. The Labute approximate surface area is 230 Å². The van der Waals surface area contributed by atoms with Crippen molar-refractivity contribution in [3.05, 3.63) is 47.8 Å². The summed E-state index contributed by atoms with van der Waals surface area (Å²) in [6.45, 7) is 14.5. The van der Waals surface area contributed by atoms with E-state index in [1.54, 1.807) is 6.20 Å². The summed E-state index contributed by atoms with van der Waals surface area (Å²) >= 11 is 0. The molecule has 0 aliphatic carbocycles. The van der Waals surface area contributed by atoms with E-state index in [0.29, 0.717) is 5.56 Å². The Kier molecular flexibility index (Phi) is 7.46. The average molecular weight is 528 g/mol. The molecule has 3 aromatic rings. The SMILES string of the molecule is Cc1cnc(N2CCNCC2)nc1N1CCN(C[C@H]2CN(c3ccc(C#N)c4ncccc34)C[C@@H](C)O2)CC1. The Morgan fingerprint density at radius 2 is 1.82 bits per heavy atom. The van der Waals surface area contributed by atoms with Gasteiger partial charge in [-0.05, 0) is 38.1 Å². The van der Waals surface area contributed by atoms with Crippen LogP contribution < -0.4 is 20.0 Å². The third kappa shape index (κ3) is 5.48. The van der Waals surface area contributed by atoms with Gasteiger partial charge in [-0.3, -0.25) is 9.88 Å². The number of nitriles is 1. The van der Waals surface area contributed by atoms with Crippen LogP contribution in [-0.4, -0.2) is 104 Å². The summed E-state index contributed by atoms with van der Waals surface area (Å²) in [5.74, 6) is 1.91. The highest BCUT2D eigenvalue weighted by molar-refractivity contribution is 5.95. The van der Waals surface area contributed by atoms with Gasteiger partial charge < -0.3 is 24.8 Å². The molecule has 0 spiro atoms. The van der Waals surface area contributed by atoms with Crippen molar-refractivity contribution in [1.29, 1.82) is 5.26 Å². The molecule has 1 aromatic carbocycles. The van der Waals surface area contributed by atoms with E-state index >= 15 is 0 Å². The van der Waals surface area contributed by atoms with Gasteiger partial charge in [-0.15, -0.1) is 0 Å². The van der Waals surface area contributed by atoms with Crippen molar-refractivity contribution < 1.29 is 4.74 Å². The molecule has 0 amide bonds. The van der Waals surface area contributed by atoms with Crippen LogP contribution in [-0.2, 0) is 4.74 Å². The summed E-state index contributed by atoms with van der Waals surface area (Å²) in [5.41, 5.74) is 3.64. The van der Waals surface area contributed by atoms with Gasteiger partial charge in [-0.1, -0.05) is 0 Å². The van der Waals surface area contributed by atoms with E-state index in [-0.39, 0.29) is 12.2 Å². The number of nitrogens with zero attached hydrogens (tertiary/aromatic N) is 8. The fraction of sp³-hybridized carbons (Fsp3) is 0.517. The molecule has 6 rings (SSSR count). The monoisotopic (exact) mass is 527 g/mol. The van der Waals surface area contributed by atoms with Gasteiger partial charge in [0.05, 0.1) is 23.3 Å². The fourth-order valence-corrected chi connectivity index (χ4v) is 6.06. The van der Waals surface area contributed by atoms with Gasteiger partial charge in [0.15, 0.2) is 0 Å². The number of piperazine rings is 2. The van der Waals surface area contributed by atoms with Gasteiger partial charge in [0.1, 0.15) is 11.9 Å². The zero-order valence-corrected chi connectivity index (χ0v) is 22.9. The van der Waals surface area contributed by atoms with Crippen molar-refractivity contribution in [2.75, 3.05) is 86.7 Å². The lowest BCUT2D eigenvalue weighted by molar-refractivity contribution is -0.0327. The summed E-state index contributed by atoms with van der Waals surface area (Å²) in [7, 11) is 0. The van der Waals surface area contributed by atoms with E-state index in [1.165, 1.54) is 0 Å². The van der Waals surface area contributed by atoms with Crippen molar-refractivity contribution >= 4 is 28.4 Å². The van der Waals surface area contributed by atoms with Gasteiger partial charge in [0.25, 0.3) is 0 Å². The van der Waals surface area contributed by atoms with Gasteiger partial charge in [0.2, 0.25) is 5.95 Å². The topological polar surface area (TPSA) is 96.7 Å². The molecule has 10 heteroatoms. The summed E-state index contributed by atoms with van der Waals surface area (Å²) in [6.07, 6.45) is 3.97. The molecule has 3 fully saturated rings. The molecule has 0 saturated carbocycles. The van der Waals surface area contributed by atoms with Gasteiger partial charge >= 0.3 is 0 Å². The van der Waals surface area contributed by atoms with E-state index in [9.17, 15) is 5.26 Å². The Balaban J connectivity index is 1.10. The number of rotatable bonds is 5. The number of aromatic nitrogens is 3. The summed E-state index contributed by atoms with van der Waals surface area (Å²) in [4.78, 5) is 23.7. The maximum atomic E-state index is 9.54. The second kappa shape index (κ2) is 11.3. The molecule has 3 saturated heterocycles. The second-order valence-electron chi connectivity index (χ2n) is 10.8. The van der Waals surface area contributed by atoms with Crippen molar-refractivity contribution in [3.63, 3.8) is 0 Å². The quantitative estimate of drug-likeness (QED) is 0.531. The summed E-state index contributed by atoms with van der Waals surface area (Å²) < 4.78 is 6.42. The zero-order valence-electron chi connectivity index (χ0n) is 22.9. The summed E-state index contributed by atoms with van der Waals surface area (Å²) in [5, 5.41) is 14.0. The molecule has 3 aliphatic heterocycles. The van der Waals surface area contributed by atoms with Crippen LogP contribution in [0.1, 0.15) is 18.1 Å². The zero-order chi connectivity index (χ0) is 26.8. The van der Waals surface area contributed by atoms with Crippen LogP contribution in [0.15, 0.2) is 36.7 Å². The molecule has 10 nitrogen and oxygen atoms in total. The smallest absolute Gasteiger partial charge is 0.227 e. The lowest BCUT2D eigenvalue weighted by atomic mass is 10.1. The predicted molar refractivity (Wildman–Crippen MR) is 154 cm³/mol. The first-order valence-corrected chi connectivity index (χ1v) is 14.0. The highest BCUT2D eigenvalue weighted by Crippen LogP contribution is 2.30. The molecule has 5 heterocycles. The third-order valence-corrected chi connectivity index (χ3v) is 8.00. The highest BCUT2D eigenvalue weighted by atomic mass is 16.5. The summed E-state index contributed by atoms with van der Waals surface area (Å²) in [6, 6.07) is 10.2. The highest BCUT2D eigenvalue weighted by Gasteiger charge is 2.30. The average Bonchev–Trinajstić information content (AvgIpc) is 2.97. The number of nitrogens with one attached hydrogen (secondary N) is 1. The molecule has 0 unspecified atom stereocenters. The number of hydrogen-bond acceptors (Lipinski definition) is 10. The molecular weight excluding hydrogens is 490 g/mol. The number of benzene rings is 1. The van der Waals surface area contributed by atoms with Crippen LogP contribution >= 0.6 is 0 Å². The van der Waals surface area contributed by atoms with E-state index in [4.69, 9.17) is 9.72 Å². The normalized spacial score (nSPS) is 22.7. The fourth-order valence-electron chi connectivity index (χ4n) is 6.06. The molecule has 0 radical (unpaired) electrons. The first-order valence-electron chi connectivity index (χ1n) is 14.0. The molecule has 0 bridgehead atoms. The Morgan fingerprint density at radius 1 is 1.00 bits per heavy atom. The second-order valence-corrected chi connectivity index (χ2v) is 10.8. The van der Waals surface area contributed by atoms with Crippen LogP contribution in [0.4, 0.5) is 17.5 Å². The molecule has 2 atom stereocenters. The minimum Gasteiger partial charge on any atom is -0.370 e. The number of anilines is 3. The first kappa shape index (κ1) is 25.7. The molecule has 1 N–H and O–H groups in total. The molecule has 204 valence electrons. The maximum Gasteiger partial charge on any atom is 0.227 e. The molecule has 3 aliphatic rings. The number of hydrogen-bond donors (Lipinski definition) is 1. The standard InChI is InChI=1S/C29H37N9O/c1-21-17-33-29(37-10-8-31-9-11-37)34-28(21)36-14-12-35(13-15-36)19-24-20-38(18-22(2)39-24)26-6-5-23(16-30)27-25(26)4-3-7-32-27/h3-7,17,22,24,31H,8-15,18-20H2,1-2H3/t22-,24+/m1/s1. The largest absolute Gasteiger partial charge is 0.370 e. The van der Waals surface area contributed by atoms with Crippen molar-refractivity contribution in [2.24, 2.45) is 0 Å². The predicted octanol–water partition coefficient (Wildman–Crippen LogP) is 2.03. The third-order valence-electron chi connectivity index (χ3n) is 8.00. The number of aryl methyl sites for hydroxylation is 1. The Bertz CT molecular complexity index is 1340. The van der Waals surface area contributed by atoms with Gasteiger partial charge in [-0.2, -0.15) is 10.2 Å². The van der Waals surface area contributed by atoms with Crippen LogP contribution in [0.25, 0.3) is 10.9 Å². The Morgan fingerprint density at radius 3 is 2.62 bits per heavy atom. The molecule has 39 heavy (non-hydrogen) atoms. The minimum atomic E-state index is 0.114. The van der Waals surface area contributed by atoms with Crippen LogP contribution in [0.3, 0.4) is 0 Å². The van der Waals surface area contributed by atoms with E-state index < -0.39 is 0 Å². The van der Waals surface area contributed by atoms with Crippen molar-refractivity contribution in [1.82, 2.24) is 25.2 Å². The lowest BCUT2D eigenvalue weighted by Crippen LogP contribution is -2.54. The van der Waals surface area contributed by atoms with Crippen LogP contribution in [0.2, 0.25) is 0 Å². The Hall–Kier alpha value is -3.52. The number of ether oxygens (including phenoxy) is 1. The van der Waals surface area contributed by atoms with Crippen molar-refractivity contribution in [2.45, 2.75) is 26.1 Å². The molecule has 2 aromatic heterocycles. The van der Waals surface area contributed by atoms with Crippen LogP contribution in [0.5, 0.6) is 0 Å². The first-order chi connectivity index (χ1) is 19.1. The number of fused-ring (bicyclic) bond motifs is 1. The molecular formula is C29H37N9O. The van der Waals surface area contributed by atoms with Gasteiger partial charge in [0, 0.05) is 101 Å². The van der Waals surface area contributed by atoms with Crippen LogP contribution in [0, 0.1) is 18.3 Å². The van der Waals surface area contributed by atoms with Crippen molar-refractivity contribution in [3.8, 4) is 6.07 Å². The van der Waals surface area contributed by atoms with Gasteiger partial charge in [-0.25, -0.2) is 4.98 Å². The number of pyridine rings is 1. The minimum absolute atomic E-state index is 0.114. The van der Waals surface area contributed by atoms with E-state index in [1.807, 2.05) is 18.3 Å². The van der Waals surface area contributed by atoms with E-state index in [2.05, 4.69) is 66.9 Å². The lowest BCUT2D eigenvalue weighted by Gasteiger charge is -2.42.